The molecular formula is C7H8Na2O4. The van der Waals surface area contributed by atoms with Gasteiger partial charge in [0.1, 0.15) is 0 Å². The molecule has 0 saturated heterocycles. The fourth-order valence-corrected chi connectivity index (χ4v) is 1.26. The van der Waals surface area contributed by atoms with Gasteiger partial charge in [0.05, 0.1) is 0 Å². The van der Waals surface area contributed by atoms with Crippen molar-refractivity contribution >= 4 is 11.9 Å². The van der Waals surface area contributed by atoms with Crippen LogP contribution in [0.5, 0.6) is 0 Å². The van der Waals surface area contributed by atoms with Crippen molar-refractivity contribution in [2.24, 2.45) is 10.8 Å². The van der Waals surface area contributed by atoms with E-state index in [0.29, 0.717) is 0 Å². The van der Waals surface area contributed by atoms with E-state index in [1.165, 1.54) is 13.8 Å². The second-order valence-electron chi connectivity index (χ2n) is 3.42. The van der Waals surface area contributed by atoms with E-state index in [-0.39, 0.29) is 65.5 Å². The minimum absolute atomic E-state index is 0. The van der Waals surface area contributed by atoms with E-state index in [1.54, 1.807) is 0 Å². The topological polar surface area (TPSA) is 80.3 Å². The molecule has 1 saturated carbocycles. The van der Waals surface area contributed by atoms with Crippen molar-refractivity contribution in [1.82, 2.24) is 0 Å². The van der Waals surface area contributed by atoms with Crippen LogP contribution in [0, 0.1) is 10.8 Å². The molecule has 0 spiro atoms. The van der Waals surface area contributed by atoms with Crippen molar-refractivity contribution in [2.75, 3.05) is 0 Å². The summed E-state index contributed by atoms with van der Waals surface area (Å²) in [4.78, 5) is 20.8. The second kappa shape index (κ2) is 4.64. The molecule has 0 aromatic heterocycles. The first-order valence-corrected chi connectivity index (χ1v) is 3.27. The van der Waals surface area contributed by atoms with Crippen molar-refractivity contribution in [3.05, 3.63) is 0 Å². The Labute approximate surface area is 121 Å². The van der Waals surface area contributed by atoms with Gasteiger partial charge in [0.15, 0.2) is 0 Å². The maximum Gasteiger partial charge on any atom is 1.00 e. The van der Waals surface area contributed by atoms with Gasteiger partial charge < -0.3 is 19.8 Å². The number of carboxylic acid groups (broad SMARTS) is 2. The van der Waals surface area contributed by atoms with Gasteiger partial charge in [-0.3, -0.25) is 0 Å². The van der Waals surface area contributed by atoms with Crippen LogP contribution >= 0.6 is 0 Å². The zero-order valence-corrected chi connectivity index (χ0v) is 12.3. The van der Waals surface area contributed by atoms with Crippen molar-refractivity contribution in [3.63, 3.8) is 0 Å². The predicted molar refractivity (Wildman–Crippen MR) is 30.8 cm³/mol. The minimum atomic E-state index is -1.32. The van der Waals surface area contributed by atoms with Gasteiger partial charge in [-0.1, -0.05) is 13.8 Å². The summed E-state index contributed by atoms with van der Waals surface area (Å²) in [6.45, 7) is 2.72. The molecule has 0 heterocycles. The molecule has 1 fully saturated rings. The Morgan fingerprint density at radius 3 is 1.31 bits per heavy atom. The predicted octanol–water partition coefficient (Wildman–Crippen LogP) is -8.09. The maximum atomic E-state index is 10.4. The Morgan fingerprint density at radius 2 is 1.23 bits per heavy atom. The molecule has 2 unspecified atom stereocenters. The van der Waals surface area contributed by atoms with Crippen molar-refractivity contribution in [3.8, 4) is 0 Å². The van der Waals surface area contributed by atoms with Crippen LogP contribution in [0.2, 0.25) is 0 Å². The van der Waals surface area contributed by atoms with Crippen molar-refractivity contribution in [1.29, 1.82) is 0 Å². The summed E-state index contributed by atoms with van der Waals surface area (Å²) >= 11 is 0. The molecule has 62 valence electrons. The standard InChI is InChI=1S/C7H10O4.2Na/c1-6(4(8)9)3-7(6,2)5(10)11;;/h3H2,1-2H3,(H,8,9)(H,10,11);;/q;2*+1/p-2. The molecule has 0 bridgehead atoms. The van der Waals surface area contributed by atoms with Crippen molar-refractivity contribution < 1.29 is 78.9 Å². The van der Waals surface area contributed by atoms with Gasteiger partial charge in [0.25, 0.3) is 0 Å². The molecule has 0 aromatic carbocycles. The normalized spacial score (nSPS) is 35.2. The molecule has 0 aromatic rings. The third-order valence-electron chi connectivity index (χ3n) is 2.70. The third kappa shape index (κ3) is 2.30. The summed E-state index contributed by atoms with van der Waals surface area (Å²) in [5.41, 5.74) is -2.46. The molecule has 0 aliphatic heterocycles. The molecule has 13 heavy (non-hydrogen) atoms. The van der Waals surface area contributed by atoms with E-state index in [0.717, 1.165) is 0 Å². The number of carbonyl (C=O) groups excluding carboxylic acids is 2. The summed E-state index contributed by atoms with van der Waals surface area (Å²) in [7, 11) is 0. The quantitative estimate of drug-likeness (QED) is 0.416. The van der Waals surface area contributed by atoms with Gasteiger partial charge in [-0.25, -0.2) is 0 Å². The van der Waals surface area contributed by atoms with Gasteiger partial charge in [0, 0.05) is 22.8 Å². The van der Waals surface area contributed by atoms with Crippen LogP contribution < -0.4 is 69.3 Å². The number of hydrogen-bond acceptors (Lipinski definition) is 4. The van der Waals surface area contributed by atoms with Crippen LogP contribution in [0.1, 0.15) is 20.3 Å². The average Bonchev–Trinajstić information content (AvgIpc) is 2.39. The number of rotatable bonds is 2. The Morgan fingerprint density at radius 1 is 1.00 bits per heavy atom. The molecule has 1 aliphatic rings. The fraction of sp³-hybridized carbons (Fsp3) is 0.714. The number of aliphatic carboxylic acids is 2. The van der Waals surface area contributed by atoms with Gasteiger partial charge >= 0.3 is 59.1 Å². The molecule has 0 amide bonds. The van der Waals surface area contributed by atoms with E-state index in [2.05, 4.69) is 0 Å². The second-order valence-corrected chi connectivity index (χ2v) is 3.42. The van der Waals surface area contributed by atoms with E-state index >= 15 is 0 Å². The smallest absolute Gasteiger partial charge is 0.550 e. The first-order chi connectivity index (χ1) is 4.84. The van der Waals surface area contributed by atoms with E-state index in [1.807, 2.05) is 0 Å². The molecule has 4 nitrogen and oxygen atoms in total. The molecule has 1 rings (SSSR count). The van der Waals surface area contributed by atoms with Crippen molar-refractivity contribution in [2.45, 2.75) is 20.3 Å². The van der Waals surface area contributed by atoms with Crippen LogP contribution in [0.15, 0.2) is 0 Å². The summed E-state index contributed by atoms with van der Waals surface area (Å²) in [6, 6.07) is 0. The van der Waals surface area contributed by atoms with Crippen LogP contribution in [0.25, 0.3) is 0 Å². The zero-order chi connectivity index (χ0) is 8.86. The molecule has 1 aliphatic carbocycles. The largest absolute Gasteiger partial charge is 1.00 e. The van der Waals surface area contributed by atoms with Gasteiger partial charge in [-0.05, 0) is 6.42 Å². The van der Waals surface area contributed by atoms with E-state index in [4.69, 9.17) is 0 Å². The van der Waals surface area contributed by atoms with Gasteiger partial charge in [0.2, 0.25) is 0 Å². The van der Waals surface area contributed by atoms with Gasteiger partial charge in [-0.15, -0.1) is 0 Å². The van der Waals surface area contributed by atoms with Crippen LogP contribution in [0.4, 0.5) is 0 Å². The zero-order valence-electron chi connectivity index (χ0n) is 8.34. The Hall–Kier alpha value is 0.940. The SMILES string of the molecule is CC1(C(=O)[O-])CC1(C)C(=O)[O-].[Na+].[Na+]. The average molecular weight is 202 g/mol. The monoisotopic (exact) mass is 202 g/mol. The van der Waals surface area contributed by atoms with Crippen LogP contribution in [0.3, 0.4) is 0 Å². The van der Waals surface area contributed by atoms with Crippen LogP contribution in [-0.2, 0) is 9.59 Å². The minimum Gasteiger partial charge on any atom is -0.550 e. The number of carboxylic acids is 2. The fourth-order valence-electron chi connectivity index (χ4n) is 1.26. The first kappa shape index (κ1) is 16.4. The number of hydrogen-bond donors (Lipinski definition) is 0. The third-order valence-corrected chi connectivity index (χ3v) is 2.70. The summed E-state index contributed by atoms with van der Waals surface area (Å²) < 4.78 is 0. The number of carbonyl (C=O) groups is 2. The summed E-state index contributed by atoms with van der Waals surface area (Å²) in [5, 5.41) is 20.8. The molecule has 0 N–H and O–H groups in total. The molecular weight excluding hydrogens is 194 g/mol. The van der Waals surface area contributed by atoms with E-state index < -0.39 is 22.8 Å². The first-order valence-electron chi connectivity index (χ1n) is 3.27. The molecule has 0 radical (unpaired) electrons. The Balaban J connectivity index is 0. The Bertz CT molecular complexity index is 219. The van der Waals surface area contributed by atoms with E-state index in [9.17, 15) is 19.8 Å². The van der Waals surface area contributed by atoms with Crippen LogP contribution in [-0.4, -0.2) is 11.9 Å². The van der Waals surface area contributed by atoms with Gasteiger partial charge in [-0.2, -0.15) is 0 Å². The summed E-state index contributed by atoms with van der Waals surface area (Å²) in [5.74, 6) is -2.63. The maximum absolute atomic E-state index is 10.4. The molecule has 2 atom stereocenters. The Kier molecular flexibility index (Phi) is 5.84. The molecule has 6 heteroatoms. The summed E-state index contributed by atoms with van der Waals surface area (Å²) in [6.07, 6.45) is 0.102.